The van der Waals surface area contributed by atoms with E-state index in [0.29, 0.717) is 11.4 Å². The Morgan fingerprint density at radius 2 is 2.00 bits per heavy atom. The number of fused-ring (bicyclic) bond motifs is 3. The van der Waals surface area contributed by atoms with Gasteiger partial charge in [-0.3, -0.25) is 0 Å². The molecule has 3 nitrogen and oxygen atoms in total. The number of aromatic nitrogens is 2. The van der Waals surface area contributed by atoms with Gasteiger partial charge in [0.15, 0.2) is 0 Å². The van der Waals surface area contributed by atoms with E-state index in [-0.39, 0.29) is 0 Å². The van der Waals surface area contributed by atoms with Crippen molar-refractivity contribution in [2.24, 2.45) is 0 Å². The third-order valence-electron chi connectivity index (χ3n) is 2.09. The van der Waals surface area contributed by atoms with Crippen LogP contribution in [0.25, 0.3) is 22.2 Å². The second-order valence-corrected chi connectivity index (χ2v) is 3.52. The molecule has 0 aliphatic heterocycles. The molecule has 0 aliphatic carbocycles. The summed E-state index contributed by atoms with van der Waals surface area (Å²) < 4.78 is 5.45. The van der Waals surface area contributed by atoms with Gasteiger partial charge in [0.2, 0.25) is 11.4 Å². The Morgan fingerprint density at radius 1 is 1.14 bits per heavy atom. The van der Waals surface area contributed by atoms with Crippen molar-refractivity contribution in [3.05, 3.63) is 30.6 Å². The SMILES string of the molecule is Sc1cnc2oc3ncccc3c2c1. The zero-order chi connectivity index (χ0) is 9.54. The van der Waals surface area contributed by atoms with Crippen molar-refractivity contribution in [3.8, 4) is 0 Å². The van der Waals surface area contributed by atoms with E-state index in [1.807, 2.05) is 18.2 Å². The highest BCUT2D eigenvalue weighted by atomic mass is 32.1. The number of pyridine rings is 2. The Bertz CT molecular complexity index is 618. The third kappa shape index (κ3) is 1.01. The van der Waals surface area contributed by atoms with E-state index >= 15 is 0 Å². The highest BCUT2D eigenvalue weighted by molar-refractivity contribution is 7.80. The molecule has 3 rings (SSSR count). The average molecular weight is 202 g/mol. The van der Waals surface area contributed by atoms with Crippen molar-refractivity contribution in [2.45, 2.75) is 4.90 Å². The third-order valence-corrected chi connectivity index (χ3v) is 2.34. The molecule has 0 atom stereocenters. The largest absolute Gasteiger partial charge is 0.419 e. The quantitative estimate of drug-likeness (QED) is 0.569. The lowest BCUT2D eigenvalue weighted by molar-refractivity contribution is 0.639. The highest BCUT2D eigenvalue weighted by Crippen LogP contribution is 2.26. The van der Waals surface area contributed by atoms with Crippen molar-refractivity contribution in [2.75, 3.05) is 0 Å². The van der Waals surface area contributed by atoms with Crippen molar-refractivity contribution < 1.29 is 4.42 Å². The fraction of sp³-hybridized carbons (Fsp3) is 0. The fourth-order valence-electron chi connectivity index (χ4n) is 1.48. The lowest BCUT2D eigenvalue weighted by Crippen LogP contribution is -1.72. The molecule has 0 bridgehead atoms. The molecule has 4 heteroatoms. The Kier molecular flexibility index (Phi) is 1.52. The first kappa shape index (κ1) is 7.82. The molecule has 68 valence electrons. The first-order valence-corrected chi connectivity index (χ1v) is 4.61. The number of furan rings is 1. The first-order valence-electron chi connectivity index (χ1n) is 4.17. The van der Waals surface area contributed by atoms with Crippen LogP contribution in [-0.2, 0) is 0 Å². The summed E-state index contributed by atoms with van der Waals surface area (Å²) in [6, 6.07) is 5.77. The van der Waals surface area contributed by atoms with E-state index in [2.05, 4.69) is 22.6 Å². The summed E-state index contributed by atoms with van der Waals surface area (Å²) >= 11 is 4.24. The molecule has 3 aromatic heterocycles. The van der Waals surface area contributed by atoms with Gasteiger partial charge in [-0.1, -0.05) is 0 Å². The number of rotatable bonds is 0. The summed E-state index contributed by atoms with van der Waals surface area (Å²) in [7, 11) is 0. The second-order valence-electron chi connectivity index (χ2n) is 3.00. The molecule has 0 spiro atoms. The summed E-state index contributed by atoms with van der Waals surface area (Å²) in [4.78, 5) is 9.07. The molecule has 0 aromatic carbocycles. The average Bonchev–Trinajstić information content (AvgIpc) is 2.56. The smallest absolute Gasteiger partial charge is 0.229 e. The highest BCUT2D eigenvalue weighted by Gasteiger charge is 2.07. The van der Waals surface area contributed by atoms with Crippen LogP contribution in [0.4, 0.5) is 0 Å². The van der Waals surface area contributed by atoms with Crippen molar-refractivity contribution in [1.82, 2.24) is 9.97 Å². The minimum absolute atomic E-state index is 0.608. The van der Waals surface area contributed by atoms with Gasteiger partial charge in [0.05, 0.1) is 5.39 Å². The number of hydrogen-bond donors (Lipinski definition) is 1. The van der Waals surface area contributed by atoms with Crippen LogP contribution in [0.2, 0.25) is 0 Å². The molecule has 0 unspecified atom stereocenters. The van der Waals surface area contributed by atoms with Crippen molar-refractivity contribution in [1.29, 1.82) is 0 Å². The number of nitrogens with zero attached hydrogens (tertiary/aromatic N) is 2. The zero-order valence-corrected chi connectivity index (χ0v) is 8.03. The summed E-state index contributed by atoms with van der Waals surface area (Å²) in [6.45, 7) is 0. The Hall–Kier alpha value is -1.55. The van der Waals surface area contributed by atoms with Crippen LogP contribution < -0.4 is 0 Å². The van der Waals surface area contributed by atoms with Crippen LogP contribution in [0.1, 0.15) is 0 Å². The van der Waals surface area contributed by atoms with Gasteiger partial charge in [-0.2, -0.15) is 0 Å². The van der Waals surface area contributed by atoms with Gasteiger partial charge in [-0.15, -0.1) is 12.6 Å². The van der Waals surface area contributed by atoms with Crippen LogP contribution in [0.3, 0.4) is 0 Å². The molecule has 14 heavy (non-hydrogen) atoms. The van der Waals surface area contributed by atoms with Gasteiger partial charge >= 0.3 is 0 Å². The molecule has 0 saturated carbocycles. The lowest BCUT2D eigenvalue weighted by atomic mass is 10.2. The van der Waals surface area contributed by atoms with Gasteiger partial charge in [0.1, 0.15) is 0 Å². The van der Waals surface area contributed by atoms with Crippen LogP contribution in [0.15, 0.2) is 39.9 Å². The van der Waals surface area contributed by atoms with Gasteiger partial charge in [-0.25, -0.2) is 9.97 Å². The van der Waals surface area contributed by atoms with E-state index < -0.39 is 0 Å². The van der Waals surface area contributed by atoms with E-state index in [1.165, 1.54) is 0 Å². The molecular weight excluding hydrogens is 196 g/mol. The molecular formula is C10H6N2OS. The van der Waals surface area contributed by atoms with Crippen molar-refractivity contribution in [3.63, 3.8) is 0 Å². The zero-order valence-electron chi connectivity index (χ0n) is 7.14. The maximum Gasteiger partial charge on any atom is 0.229 e. The standard InChI is InChI=1S/C10H6N2OS/c14-6-4-8-7-2-1-3-11-9(7)13-10(8)12-5-6/h1-5,14H. The minimum Gasteiger partial charge on any atom is -0.419 e. The summed E-state index contributed by atoms with van der Waals surface area (Å²) in [5.41, 5.74) is 1.23. The minimum atomic E-state index is 0.608. The summed E-state index contributed by atoms with van der Waals surface area (Å²) in [5.74, 6) is 0. The number of hydrogen-bond acceptors (Lipinski definition) is 4. The van der Waals surface area contributed by atoms with Gasteiger partial charge in [0, 0.05) is 22.7 Å². The van der Waals surface area contributed by atoms with E-state index in [9.17, 15) is 0 Å². The predicted octanol–water partition coefficient (Wildman–Crippen LogP) is 2.66. The normalized spacial score (nSPS) is 11.2. The van der Waals surface area contributed by atoms with Crippen LogP contribution in [0.5, 0.6) is 0 Å². The van der Waals surface area contributed by atoms with E-state index in [1.54, 1.807) is 12.4 Å². The topological polar surface area (TPSA) is 38.9 Å². The Labute approximate surface area is 85.2 Å². The molecule has 3 heterocycles. The van der Waals surface area contributed by atoms with Gasteiger partial charge in [0.25, 0.3) is 0 Å². The van der Waals surface area contributed by atoms with Gasteiger partial charge < -0.3 is 4.42 Å². The maximum absolute atomic E-state index is 5.45. The lowest BCUT2D eigenvalue weighted by Gasteiger charge is -1.89. The van der Waals surface area contributed by atoms with Gasteiger partial charge in [-0.05, 0) is 18.2 Å². The molecule has 3 aromatic rings. The predicted molar refractivity (Wildman–Crippen MR) is 56.6 cm³/mol. The first-order chi connectivity index (χ1) is 6.84. The molecule has 0 N–H and O–H groups in total. The molecule has 0 fully saturated rings. The van der Waals surface area contributed by atoms with E-state index in [0.717, 1.165) is 15.7 Å². The van der Waals surface area contributed by atoms with Crippen LogP contribution in [0, 0.1) is 0 Å². The molecule has 0 radical (unpaired) electrons. The molecule has 0 amide bonds. The van der Waals surface area contributed by atoms with Crippen LogP contribution >= 0.6 is 12.6 Å². The summed E-state index contributed by atoms with van der Waals surface area (Å²) in [6.07, 6.45) is 3.36. The Balaban J connectivity index is 2.58. The monoisotopic (exact) mass is 202 g/mol. The molecule has 0 aliphatic rings. The molecule has 0 saturated heterocycles. The maximum atomic E-state index is 5.45. The van der Waals surface area contributed by atoms with E-state index in [4.69, 9.17) is 4.42 Å². The Morgan fingerprint density at radius 3 is 2.93 bits per heavy atom. The second kappa shape index (κ2) is 2.72. The van der Waals surface area contributed by atoms with Crippen LogP contribution in [-0.4, -0.2) is 9.97 Å². The number of thiol groups is 1. The fourth-order valence-corrected chi connectivity index (χ4v) is 1.67. The summed E-state index contributed by atoms with van der Waals surface area (Å²) in [5, 5.41) is 1.94. The van der Waals surface area contributed by atoms with Crippen molar-refractivity contribution >= 4 is 34.8 Å².